The van der Waals surface area contributed by atoms with Crippen molar-refractivity contribution in [1.29, 1.82) is 0 Å². The maximum Gasteiger partial charge on any atom is 0.165 e. The van der Waals surface area contributed by atoms with Crippen molar-refractivity contribution in [3.05, 3.63) is 94.5 Å². The average Bonchev–Trinajstić information content (AvgIpc) is 2.70. The van der Waals surface area contributed by atoms with Crippen LogP contribution in [-0.4, -0.2) is 12.4 Å². The number of carbonyl (C=O) groups is 1. The van der Waals surface area contributed by atoms with Crippen LogP contribution in [0.5, 0.6) is 5.75 Å². The molecule has 0 amide bonds. The molecule has 3 nitrogen and oxygen atoms in total. The van der Waals surface area contributed by atoms with E-state index >= 15 is 0 Å². The molecule has 0 unspecified atom stereocenters. The summed E-state index contributed by atoms with van der Waals surface area (Å²) in [6.07, 6.45) is 0.369. The second kappa shape index (κ2) is 9.38. The number of ether oxygens (including phenoxy) is 1. The normalized spacial score (nSPS) is 11.6. The Bertz CT molecular complexity index is 861. The molecule has 138 valence electrons. The highest BCUT2D eigenvalue weighted by Crippen LogP contribution is 2.27. The molecule has 1 atom stereocenters. The van der Waals surface area contributed by atoms with Gasteiger partial charge in [-0.2, -0.15) is 0 Å². The number of Topliss-reactive ketones (excluding diaryl/α,β-unsaturated/α-hetero) is 1. The first-order chi connectivity index (χ1) is 13.2. The molecule has 1 N–H and O–H groups in total. The predicted octanol–water partition coefficient (Wildman–Crippen LogP) is 6.27. The van der Waals surface area contributed by atoms with Crippen molar-refractivity contribution in [2.75, 3.05) is 11.9 Å². The van der Waals surface area contributed by atoms with E-state index in [0.717, 1.165) is 27.0 Å². The van der Waals surface area contributed by atoms with Crippen molar-refractivity contribution < 1.29 is 9.53 Å². The number of anilines is 1. The fourth-order valence-electron chi connectivity index (χ4n) is 2.89. The third kappa shape index (κ3) is 5.44. The summed E-state index contributed by atoms with van der Waals surface area (Å²) in [6, 6.07) is 25.2. The van der Waals surface area contributed by atoms with Crippen molar-refractivity contribution in [3.8, 4) is 5.75 Å². The smallest absolute Gasteiger partial charge is 0.165 e. The molecule has 0 aliphatic carbocycles. The molecule has 0 aromatic heterocycles. The highest BCUT2D eigenvalue weighted by Gasteiger charge is 2.17. The summed E-state index contributed by atoms with van der Waals surface area (Å²) in [5.41, 5.74) is 2.75. The lowest BCUT2D eigenvalue weighted by atomic mass is 9.97. The lowest BCUT2D eigenvalue weighted by Gasteiger charge is -2.20. The molecule has 4 heteroatoms. The van der Waals surface area contributed by atoms with E-state index in [1.807, 2.05) is 85.8 Å². The zero-order chi connectivity index (χ0) is 19.1. The highest BCUT2D eigenvalue weighted by atomic mass is 79.9. The van der Waals surface area contributed by atoms with Crippen LogP contribution in [0.1, 0.15) is 35.3 Å². The summed E-state index contributed by atoms with van der Waals surface area (Å²) in [5, 5.41) is 3.49. The summed E-state index contributed by atoms with van der Waals surface area (Å²) in [5.74, 6) is 0.942. The molecule has 0 radical (unpaired) electrons. The van der Waals surface area contributed by atoms with Gasteiger partial charge in [-0.05, 0) is 48.9 Å². The topological polar surface area (TPSA) is 38.3 Å². The molecular weight excluding hydrogens is 402 g/mol. The quantitative estimate of drug-likeness (QED) is 0.433. The lowest BCUT2D eigenvalue weighted by molar-refractivity contribution is 0.0976. The van der Waals surface area contributed by atoms with E-state index in [1.54, 1.807) is 0 Å². The molecule has 3 aromatic carbocycles. The summed E-state index contributed by atoms with van der Waals surface area (Å²) in [7, 11) is 0. The number of ketones is 1. The van der Waals surface area contributed by atoms with Crippen LogP contribution >= 0.6 is 15.9 Å². The molecule has 0 spiro atoms. The highest BCUT2D eigenvalue weighted by molar-refractivity contribution is 9.10. The summed E-state index contributed by atoms with van der Waals surface area (Å²) >= 11 is 3.45. The zero-order valence-corrected chi connectivity index (χ0v) is 16.8. The van der Waals surface area contributed by atoms with Gasteiger partial charge in [-0.3, -0.25) is 4.79 Å². The van der Waals surface area contributed by atoms with Crippen LogP contribution in [0.15, 0.2) is 83.3 Å². The standard InChI is InChI=1S/C23H22BrNO2/c1-2-27-21-14-8-17(9-15-21)22(25-20-12-10-19(24)11-13-20)16-23(26)18-6-4-3-5-7-18/h3-15,22,25H,2,16H2,1H3/t22-/m0/s1. The molecule has 0 aliphatic rings. The van der Waals surface area contributed by atoms with Gasteiger partial charge in [-0.25, -0.2) is 0 Å². The number of hydrogen-bond acceptors (Lipinski definition) is 3. The molecular formula is C23H22BrNO2. The Hall–Kier alpha value is -2.59. The maximum absolute atomic E-state index is 12.8. The van der Waals surface area contributed by atoms with E-state index in [0.29, 0.717) is 13.0 Å². The van der Waals surface area contributed by atoms with E-state index < -0.39 is 0 Å². The Morgan fingerprint density at radius 1 is 0.963 bits per heavy atom. The number of halogens is 1. The van der Waals surface area contributed by atoms with Crippen LogP contribution in [0.25, 0.3) is 0 Å². The van der Waals surface area contributed by atoms with Crippen molar-refractivity contribution in [1.82, 2.24) is 0 Å². The SMILES string of the molecule is CCOc1ccc([C@H](CC(=O)c2ccccc2)Nc2ccc(Br)cc2)cc1. The van der Waals surface area contributed by atoms with Gasteiger partial charge in [0, 0.05) is 22.1 Å². The maximum atomic E-state index is 12.8. The second-order valence-corrected chi connectivity index (χ2v) is 7.11. The number of hydrogen-bond donors (Lipinski definition) is 1. The van der Waals surface area contributed by atoms with Gasteiger partial charge >= 0.3 is 0 Å². The Balaban J connectivity index is 1.83. The molecule has 0 heterocycles. The van der Waals surface area contributed by atoms with E-state index in [9.17, 15) is 4.79 Å². The molecule has 0 saturated heterocycles. The van der Waals surface area contributed by atoms with Crippen LogP contribution in [0.3, 0.4) is 0 Å². The monoisotopic (exact) mass is 423 g/mol. The van der Waals surface area contributed by atoms with Gasteiger partial charge < -0.3 is 10.1 Å². The Labute approximate surface area is 168 Å². The van der Waals surface area contributed by atoms with Gasteiger partial charge in [0.1, 0.15) is 5.75 Å². The minimum Gasteiger partial charge on any atom is -0.494 e. The minimum absolute atomic E-state index is 0.110. The first-order valence-electron chi connectivity index (χ1n) is 8.99. The van der Waals surface area contributed by atoms with Crippen LogP contribution in [-0.2, 0) is 0 Å². The van der Waals surface area contributed by atoms with Crippen molar-refractivity contribution in [2.24, 2.45) is 0 Å². The fraction of sp³-hybridized carbons (Fsp3) is 0.174. The van der Waals surface area contributed by atoms with E-state index in [2.05, 4.69) is 21.2 Å². The number of nitrogens with one attached hydrogen (secondary N) is 1. The first kappa shape index (κ1) is 19.2. The van der Waals surface area contributed by atoms with Crippen LogP contribution in [0.4, 0.5) is 5.69 Å². The largest absolute Gasteiger partial charge is 0.494 e. The van der Waals surface area contributed by atoms with Crippen LogP contribution < -0.4 is 10.1 Å². The zero-order valence-electron chi connectivity index (χ0n) is 15.2. The van der Waals surface area contributed by atoms with Gasteiger partial charge in [0.05, 0.1) is 12.6 Å². The molecule has 0 saturated carbocycles. The molecule has 0 fully saturated rings. The van der Waals surface area contributed by atoms with Crippen molar-refractivity contribution in [3.63, 3.8) is 0 Å². The van der Waals surface area contributed by atoms with Gasteiger partial charge in [-0.15, -0.1) is 0 Å². The van der Waals surface area contributed by atoms with Gasteiger partial charge in [0.2, 0.25) is 0 Å². The van der Waals surface area contributed by atoms with Crippen molar-refractivity contribution in [2.45, 2.75) is 19.4 Å². The Kier molecular flexibility index (Phi) is 6.66. The predicted molar refractivity (Wildman–Crippen MR) is 114 cm³/mol. The molecule has 3 aromatic rings. The third-order valence-corrected chi connectivity index (χ3v) is 4.79. The van der Waals surface area contributed by atoms with Gasteiger partial charge in [-0.1, -0.05) is 58.4 Å². The van der Waals surface area contributed by atoms with Gasteiger partial charge in [0.25, 0.3) is 0 Å². The molecule has 3 rings (SSSR count). The lowest BCUT2D eigenvalue weighted by Crippen LogP contribution is -2.16. The van der Waals surface area contributed by atoms with Crippen molar-refractivity contribution >= 4 is 27.4 Å². The van der Waals surface area contributed by atoms with Gasteiger partial charge in [0.15, 0.2) is 5.78 Å². The summed E-state index contributed by atoms with van der Waals surface area (Å²) in [4.78, 5) is 12.8. The Morgan fingerprint density at radius 2 is 1.63 bits per heavy atom. The van der Waals surface area contributed by atoms with E-state index in [1.165, 1.54) is 0 Å². The van der Waals surface area contributed by atoms with Crippen LogP contribution in [0, 0.1) is 0 Å². The van der Waals surface area contributed by atoms with Crippen LogP contribution in [0.2, 0.25) is 0 Å². The first-order valence-corrected chi connectivity index (χ1v) is 9.78. The average molecular weight is 424 g/mol. The molecule has 0 aliphatic heterocycles. The summed E-state index contributed by atoms with van der Waals surface area (Å²) < 4.78 is 6.55. The third-order valence-electron chi connectivity index (χ3n) is 4.26. The number of rotatable bonds is 8. The number of benzene rings is 3. The molecule has 27 heavy (non-hydrogen) atoms. The fourth-order valence-corrected chi connectivity index (χ4v) is 3.15. The summed E-state index contributed by atoms with van der Waals surface area (Å²) in [6.45, 7) is 2.59. The second-order valence-electron chi connectivity index (χ2n) is 6.20. The Morgan fingerprint density at radius 3 is 2.26 bits per heavy atom. The van der Waals surface area contributed by atoms with E-state index in [4.69, 9.17) is 4.74 Å². The minimum atomic E-state index is -0.130. The van der Waals surface area contributed by atoms with E-state index in [-0.39, 0.29) is 11.8 Å². The molecule has 0 bridgehead atoms. The number of carbonyl (C=O) groups excluding carboxylic acids is 1.